The number of nitrogens with one attached hydrogen (secondary N) is 3. The first-order valence-electron chi connectivity index (χ1n) is 12.2. The largest absolute Gasteiger partial charge is 0.480 e. The Labute approximate surface area is 216 Å². The predicted octanol–water partition coefficient (Wildman–Crippen LogP) is -3.04. The highest BCUT2D eigenvalue weighted by Crippen LogP contribution is 2.08. The van der Waals surface area contributed by atoms with Crippen molar-refractivity contribution < 1.29 is 29.1 Å². The molecule has 0 radical (unpaired) electrons. The van der Waals surface area contributed by atoms with Crippen LogP contribution in [0.5, 0.6) is 0 Å². The molecule has 14 N–H and O–H groups in total. The molecule has 0 fully saturated rings. The second-order valence-electron chi connectivity index (χ2n) is 9.04. The number of hydrogen-bond acceptors (Lipinski definition) is 8. The molecule has 0 aromatic heterocycles. The third-order valence-corrected chi connectivity index (χ3v) is 5.43. The zero-order valence-electron chi connectivity index (χ0n) is 21.6. The van der Waals surface area contributed by atoms with E-state index in [1.54, 1.807) is 13.8 Å². The van der Waals surface area contributed by atoms with E-state index < -0.39 is 59.7 Å². The molecule has 0 saturated heterocycles. The number of nitrogens with zero attached hydrogens (tertiary/aromatic N) is 1. The standard InChI is InChI=1S/C22H43N9O6/c1-12(2)17(21(36)37)31-20(35)14(7-3-4-10-23)30-19(34)15(8-9-16(25)32)29-18(33)13(24)6-5-11-28-22(26)27/h12-15,17H,3-11,23-24H2,1-2H3,(H2,25,32)(H,29,33)(H,30,34)(H,31,35)(H,36,37)(H4,26,27,28). The van der Waals surface area contributed by atoms with E-state index in [1.807, 2.05) is 0 Å². The summed E-state index contributed by atoms with van der Waals surface area (Å²) >= 11 is 0. The fraction of sp³-hybridized carbons (Fsp3) is 0.727. The highest BCUT2D eigenvalue weighted by Gasteiger charge is 2.31. The van der Waals surface area contributed by atoms with Crippen LogP contribution in [0.4, 0.5) is 0 Å². The molecule has 4 amide bonds. The van der Waals surface area contributed by atoms with Crippen LogP contribution in [0.15, 0.2) is 4.99 Å². The van der Waals surface area contributed by atoms with Gasteiger partial charge in [-0.15, -0.1) is 0 Å². The number of rotatable bonds is 19. The van der Waals surface area contributed by atoms with Crippen LogP contribution < -0.4 is 44.6 Å². The van der Waals surface area contributed by atoms with Gasteiger partial charge in [0.15, 0.2) is 5.96 Å². The van der Waals surface area contributed by atoms with Crippen molar-refractivity contribution in [1.82, 2.24) is 16.0 Å². The fourth-order valence-electron chi connectivity index (χ4n) is 3.29. The summed E-state index contributed by atoms with van der Waals surface area (Å²) in [5, 5.41) is 16.9. The van der Waals surface area contributed by atoms with E-state index in [0.717, 1.165) is 0 Å². The minimum absolute atomic E-state index is 0.0886. The molecule has 0 heterocycles. The summed E-state index contributed by atoms with van der Waals surface area (Å²) in [4.78, 5) is 65.2. The third-order valence-electron chi connectivity index (χ3n) is 5.43. The number of hydrogen-bond donors (Lipinski definition) is 9. The highest BCUT2D eigenvalue weighted by molar-refractivity contribution is 5.94. The summed E-state index contributed by atoms with van der Waals surface area (Å²) in [7, 11) is 0. The van der Waals surface area contributed by atoms with Gasteiger partial charge in [-0.1, -0.05) is 13.8 Å². The Morgan fingerprint density at radius 2 is 1.38 bits per heavy atom. The Morgan fingerprint density at radius 3 is 1.89 bits per heavy atom. The number of primary amides is 1. The second kappa shape index (κ2) is 17.9. The number of unbranched alkanes of at least 4 members (excludes halogenated alkanes) is 1. The molecule has 0 bridgehead atoms. The number of carboxylic acid groups (broad SMARTS) is 1. The van der Waals surface area contributed by atoms with Crippen molar-refractivity contribution >= 4 is 35.6 Å². The average molecular weight is 530 g/mol. The quantitative estimate of drug-likeness (QED) is 0.0463. The predicted molar refractivity (Wildman–Crippen MR) is 137 cm³/mol. The molecule has 0 saturated carbocycles. The van der Waals surface area contributed by atoms with Crippen LogP contribution in [0.2, 0.25) is 0 Å². The third kappa shape index (κ3) is 14.6. The van der Waals surface area contributed by atoms with Gasteiger partial charge < -0.3 is 49.7 Å². The van der Waals surface area contributed by atoms with Crippen LogP contribution in [0.1, 0.15) is 58.8 Å². The Bertz CT molecular complexity index is 802. The zero-order chi connectivity index (χ0) is 28.5. The molecule has 0 aromatic rings. The van der Waals surface area contributed by atoms with Gasteiger partial charge in [0, 0.05) is 13.0 Å². The topological polar surface area (TPSA) is 284 Å². The molecular weight excluding hydrogens is 486 g/mol. The van der Waals surface area contributed by atoms with Crippen molar-refractivity contribution in [3.63, 3.8) is 0 Å². The van der Waals surface area contributed by atoms with E-state index in [0.29, 0.717) is 25.8 Å². The van der Waals surface area contributed by atoms with Gasteiger partial charge in [0.05, 0.1) is 6.04 Å². The van der Waals surface area contributed by atoms with Gasteiger partial charge in [0.2, 0.25) is 23.6 Å². The van der Waals surface area contributed by atoms with Gasteiger partial charge in [0.1, 0.15) is 18.1 Å². The lowest BCUT2D eigenvalue weighted by Gasteiger charge is -2.26. The smallest absolute Gasteiger partial charge is 0.326 e. The van der Waals surface area contributed by atoms with E-state index in [4.69, 9.17) is 28.7 Å². The van der Waals surface area contributed by atoms with E-state index in [-0.39, 0.29) is 38.2 Å². The minimum atomic E-state index is -1.21. The summed E-state index contributed by atoms with van der Waals surface area (Å²) in [6.45, 7) is 3.90. The molecule has 0 aliphatic rings. The van der Waals surface area contributed by atoms with Crippen molar-refractivity contribution in [3.05, 3.63) is 0 Å². The van der Waals surface area contributed by atoms with Crippen molar-refractivity contribution in [2.75, 3.05) is 13.1 Å². The maximum atomic E-state index is 13.1. The highest BCUT2D eigenvalue weighted by atomic mass is 16.4. The lowest BCUT2D eigenvalue weighted by atomic mass is 10.0. The van der Waals surface area contributed by atoms with E-state index in [9.17, 15) is 29.1 Å². The molecule has 0 spiro atoms. The maximum Gasteiger partial charge on any atom is 0.326 e. The second-order valence-corrected chi connectivity index (χ2v) is 9.04. The molecule has 0 aliphatic heterocycles. The van der Waals surface area contributed by atoms with Crippen LogP contribution in [0.25, 0.3) is 0 Å². The molecule has 4 unspecified atom stereocenters. The Morgan fingerprint density at radius 1 is 0.811 bits per heavy atom. The lowest BCUT2D eigenvalue weighted by Crippen LogP contribution is -2.57. The van der Waals surface area contributed by atoms with E-state index in [1.165, 1.54) is 0 Å². The maximum absolute atomic E-state index is 13.1. The number of amides is 4. The van der Waals surface area contributed by atoms with Crippen LogP contribution in [-0.4, -0.2) is 77.9 Å². The zero-order valence-corrected chi connectivity index (χ0v) is 21.6. The monoisotopic (exact) mass is 529 g/mol. The van der Waals surface area contributed by atoms with Crippen molar-refractivity contribution in [2.24, 2.45) is 39.6 Å². The van der Waals surface area contributed by atoms with Gasteiger partial charge in [-0.3, -0.25) is 24.2 Å². The van der Waals surface area contributed by atoms with E-state index >= 15 is 0 Å². The van der Waals surface area contributed by atoms with Crippen LogP contribution in [0, 0.1) is 5.92 Å². The number of aliphatic imine (C=N–C) groups is 1. The molecule has 212 valence electrons. The van der Waals surface area contributed by atoms with Crippen LogP contribution in [0.3, 0.4) is 0 Å². The van der Waals surface area contributed by atoms with Gasteiger partial charge in [-0.05, 0) is 51.0 Å². The molecule has 0 rings (SSSR count). The van der Waals surface area contributed by atoms with E-state index in [2.05, 4.69) is 20.9 Å². The number of guanidine groups is 1. The molecule has 0 aliphatic carbocycles. The molecular formula is C22H43N9O6. The number of carboxylic acids is 1. The van der Waals surface area contributed by atoms with Gasteiger partial charge >= 0.3 is 5.97 Å². The van der Waals surface area contributed by atoms with Crippen molar-refractivity contribution in [2.45, 2.75) is 83.0 Å². The van der Waals surface area contributed by atoms with Crippen molar-refractivity contribution in [3.8, 4) is 0 Å². The number of aliphatic carboxylic acids is 1. The molecule has 15 nitrogen and oxygen atoms in total. The molecule has 4 atom stereocenters. The van der Waals surface area contributed by atoms with Crippen molar-refractivity contribution in [1.29, 1.82) is 0 Å². The summed E-state index contributed by atoms with van der Waals surface area (Å²) < 4.78 is 0. The fourth-order valence-corrected chi connectivity index (χ4v) is 3.29. The minimum Gasteiger partial charge on any atom is -0.480 e. The average Bonchev–Trinajstić information content (AvgIpc) is 2.80. The molecule has 0 aromatic carbocycles. The Hall–Kier alpha value is -3.46. The Kier molecular flexibility index (Phi) is 16.2. The van der Waals surface area contributed by atoms with Gasteiger partial charge in [-0.25, -0.2) is 4.79 Å². The van der Waals surface area contributed by atoms with Gasteiger partial charge in [-0.2, -0.15) is 0 Å². The molecule has 15 heteroatoms. The first kappa shape index (κ1) is 33.5. The SMILES string of the molecule is CC(C)C(NC(=O)C(CCCCN)NC(=O)C(CCC(N)=O)NC(=O)C(N)CCCN=C(N)N)C(=O)O. The Balaban J connectivity index is 5.49. The molecule has 37 heavy (non-hydrogen) atoms. The summed E-state index contributed by atoms with van der Waals surface area (Å²) in [5.74, 6) is -4.48. The van der Waals surface area contributed by atoms with Gasteiger partial charge in [0.25, 0.3) is 0 Å². The number of carbonyl (C=O) groups excluding carboxylic acids is 4. The van der Waals surface area contributed by atoms with Crippen LogP contribution in [-0.2, 0) is 24.0 Å². The lowest BCUT2D eigenvalue weighted by molar-refractivity contribution is -0.143. The summed E-state index contributed by atoms with van der Waals surface area (Å²) in [5.41, 5.74) is 27.1. The first-order chi connectivity index (χ1) is 17.3. The normalized spacial score (nSPS) is 14.1. The summed E-state index contributed by atoms with van der Waals surface area (Å²) in [6, 6.07) is -4.46. The van der Waals surface area contributed by atoms with Crippen LogP contribution >= 0.6 is 0 Å². The number of carbonyl (C=O) groups is 5. The summed E-state index contributed by atoms with van der Waals surface area (Å²) in [6.07, 6.45) is 1.53. The number of nitrogens with two attached hydrogens (primary N) is 5. The first-order valence-corrected chi connectivity index (χ1v) is 12.2.